The molecule has 6 heteroatoms. The lowest BCUT2D eigenvalue weighted by Crippen LogP contribution is -2.47. The van der Waals surface area contributed by atoms with E-state index < -0.39 is 17.6 Å². The zero-order valence-corrected chi connectivity index (χ0v) is 10.8. The summed E-state index contributed by atoms with van der Waals surface area (Å²) in [6.07, 6.45) is -2.64. The lowest BCUT2D eigenvalue weighted by molar-refractivity contribution is -0.163. The van der Waals surface area contributed by atoms with Gasteiger partial charge in [0.2, 0.25) is 0 Å². The molecule has 2 N–H and O–H groups in total. The van der Waals surface area contributed by atoms with Gasteiger partial charge in [0, 0.05) is 17.8 Å². The number of carbonyl (C=O) groups excluding carboxylic acids is 1. The van der Waals surface area contributed by atoms with Crippen LogP contribution in [0.1, 0.15) is 35.2 Å². The minimum absolute atomic E-state index is 0.0330. The monoisotopic (exact) mass is 284 g/mol. The number of carbonyl (C=O) groups is 1. The maximum Gasteiger partial charge on any atom is 0.411 e. The summed E-state index contributed by atoms with van der Waals surface area (Å²) in [5, 5.41) is 5.35. The van der Waals surface area contributed by atoms with Gasteiger partial charge in [-0.2, -0.15) is 13.2 Å². The average molecular weight is 284 g/mol. The molecule has 108 valence electrons. The van der Waals surface area contributed by atoms with Gasteiger partial charge in [-0.15, -0.1) is 0 Å². The Kier molecular flexibility index (Phi) is 2.92. The fraction of sp³-hybridized carbons (Fsp3) is 0.500. The predicted molar refractivity (Wildman–Crippen MR) is 68.7 cm³/mol. The van der Waals surface area contributed by atoms with Crippen LogP contribution in [0.3, 0.4) is 0 Å². The van der Waals surface area contributed by atoms with Gasteiger partial charge >= 0.3 is 6.18 Å². The summed E-state index contributed by atoms with van der Waals surface area (Å²) in [6.45, 7) is 0.885. The number of nitrogens with one attached hydrogen (secondary N) is 2. The smallest absolute Gasteiger partial charge is 0.385 e. The Morgan fingerprint density at radius 3 is 2.70 bits per heavy atom. The van der Waals surface area contributed by atoms with E-state index in [2.05, 4.69) is 10.6 Å². The van der Waals surface area contributed by atoms with Gasteiger partial charge in [0.25, 0.3) is 5.91 Å². The first kappa shape index (κ1) is 13.3. The summed E-state index contributed by atoms with van der Waals surface area (Å²) >= 11 is 0. The number of anilines is 1. The first-order valence-corrected chi connectivity index (χ1v) is 6.67. The maximum absolute atomic E-state index is 12.8. The second-order valence-corrected chi connectivity index (χ2v) is 5.44. The fourth-order valence-electron chi connectivity index (χ4n) is 2.51. The number of rotatable bonds is 2. The molecule has 1 aromatic rings. The Morgan fingerprint density at radius 2 is 2.05 bits per heavy atom. The maximum atomic E-state index is 12.8. The third-order valence-corrected chi connectivity index (χ3v) is 3.95. The molecule has 1 aromatic carbocycles. The second kappa shape index (κ2) is 4.40. The molecule has 20 heavy (non-hydrogen) atoms. The van der Waals surface area contributed by atoms with Crippen molar-refractivity contribution in [3.8, 4) is 0 Å². The van der Waals surface area contributed by atoms with Crippen molar-refractivity contribution in [1.82, 2.24) is 5.32 Å². The molecule has 1 heterocycles. The van der Waals surface area contributed by atoms with Crippen molar-refractivity contribution in [3.05, 3.63) is 29.3 Å². The molecule has 1 amide bonds. The number of amides is 1. The van der Waals surface area contributed by atoms with Crippen molar-refractivity contribution in [1.29, 1.82) is 0 Å². The molecule has 0 unspecified atom stereocenters. The summed E-state index contributed by atoms with van der Waals surface area (Å²) < 4.78 is 38.5. The van der Waals surface area contributed by atoms with Gasteiger partial charge in [0.15, 0.2) is 0 Å². The molecule has 0 spiro atoms. The minimum atomic E-state index is -4.38. The largest absolute Gasteiger partial charge is 0.411 e. The van der Waals surface area contributed by atoms with E-state index in [1.807, 2.05) is 0 Å². The number of fused-ring (bicyclic) bond motifs is 1. The lowest BCUT2D eigenvalue weighted by Gasteiger charge is -2.22. The van der Waals surface area contributed by atoms with Gasteiger partial charge in [-0.05, 0) is 49.4 Å². The van der Waals surface area contributed by atoms with Crippen LogP contribution in [0.4, 0.5) is 18.9 Å². The molecule has 2 aliphatic rings. The van der Waals surface area contributed by atoms with Gasteiger partial charge in [-0.3, -0.25) is 4.79 Å². The van der Waals surface area contributed by atoms with E-state index in [4.69, 9.17) is 0 Å². The highest BCUT2D eigenvalue weighted by molar-refractivity contribution is 5.95. The van der Waals surface area contributed by atoms with E-state index in [1.165, 1.54) is 0 Å². The summed E-state index contributed by atoms with van der Waals surface area (Å²) in [6, 6.07) is 5.01. The van der Waals surface area contributed by atoms with E-state index in [1.54, 1.807) is 18.2 Å². The molecular formula is C14H15F3N2O. The number of hydrogen-bond acceptors (Lipinski definition) is 2. The van der Waals surface area contributed by atoms with Crippen molar-refractivity contribution in [3.63, 3.8) is 0 Å². The van der Waals surface area contributed by atoms with E-state index >= 15 is 0 Å². The Balaban J connectivity index is 1.78. The summed E-state index contributed by atoms with van der Waals surface area (Å²) in [7, 11) is 0. The van der Waals surface area contributed by atoms with E-state index in [0.29, 0.717) is 5.56 Å². The van der Waals surface area contributed by atoms with Crippen LogP contribution in [0.15, 0.2) is 18.2 Å². The zero-order valence-electron chi connectivity index (χ0n) is 10.8. The van der Waals surface area contributed by atoms with Crippen molar-refractivity contribution in [2.24, 2.45) is 0 Å². The first-order chi connectivity index (χ1) is 9.41. The molecule has 1 aliphatic carbocycles. The third kappa shape index (κ3) is 2.23. The fourth-order valence-corrected chi connectivity index (χ4v) is 2.51. The topological polar surface area (TPSA) is 41.1 Å². The van der Waals surface area contributed by atoms with Crippen LogP contribution in [0.2, 0.25) is 0 Å². The normalized spacial score (nSPS) is 19.8. The molecule has 0 saturated heterocycles. The van der Waals surface area contributed by atoms with Crippen molar-refractivity contribution < 1.29 is 18.0 Å². The molecule has 3 rings (SSSR count). The number of benzene rings is 1. The Bertz CT molecular complexity index is 550. The number of hydrogen-bond donors (Lipinski definition) is 2. The quantitative estimate of drug-likeness (QED) is 0.876. The van der Waals surface area contributed by atoms with Crippen LogP contribution >= 0.6 is 0 Å². The summed E-state index contributed by atoms with van der Waals surface area (Å²) in [5.74, 6) is -0.645. The van der Waals surface area contributed by atoms with Gasteiger partial charge < -0.3 is 10.6 Å². The number of aryl methyl sites for hydroxylation is 1. The van der Waals surface area contributed by atoms with E-state index in [0.717, 1.165) is 30.6 Å². The molecular weight excluding hydrogens is 269 g/mol. The van der Waals surface area contributed by atoms with Crippen LogP contribution in [0.5, 0.6) is 0 Å². The molecule has 1 fully saturated rings. The molecule has 0 bridgehead atoms. The van der Waals surface area contributed by atoms with Gasteiger partial charge in [0.05, 0.1) is 0 Å². The predicted octanol–water partition coefficient (Wildman–Crippen LogP) is 2.87. The van der Waals surface area contributed by atoms with Crippen molar-refractivity contribution >= 4 is 11.6 Å². The average Bonchev–Trinajstić information content (AvgIpc) is 3.18. The van der Waals surface area contributed by atoms with E-state index in [9.17, 15) is 18.0 Å². The van der Waals surface area contributed by atoms with E-state index in [-0.39, 0.29) is 12.8 Å². The first-order valence-electron chi connectivity index (χ1n) is 6.67. The minimum Gasteiger partial charge on any atom is -0.385 e. The van der Waals surface area contributed by atoms with Crippen LogP contribution in [0.25, 0.3) is 0 Å². The number of halogens is 3. The van der Waals surface area contributed by atoms with Crippen LogP contribution < -0.4 is 10.6 Å². The van der Waals surface area contributed by atoms with Crippen LogP contribution in [0, 0.1) is 0 Å². The molecule has 0 radical (unpaired) electrons. The standard InChI is InChI=1S/C14H15F3N2O/c15-14(16,17)13(5-6-13)19-12(20)10-3-4-11-9(8-10)2-1-7-18-11/h3-4,8,18H,1-2,5-7H2,(H,19,20). The Hall–Kier alpha value is -1.72. The summed E-state index contributed by atoms with van der Waals surface area (Å²) in [4.78, 5) is 12.0. The van der Waals surface area contributed by atoms with Crippen LogP contribution in [-0.2, 0) is 6.42 Å². The SMILES string of the molecule is O=C(NC1(C(F)(F)F)CC1)c1ccc2c(c1)CCCN2. The second-order valence-electron chi connectivity index (χ2n) is 5.44. The molecule has 1 aliphatic heterocycles. The van der Waals surface area contributed by atoms with Crippen LogP contribution in [-0.4, -0.2) is 24.2 Å². The highest BCUT2D eigenvalue weighted by atomic mass is 19.4. The lowest BCUT2D eigenvalue weighted by atomic mass is 10.0. The molecule has 1 saturated carbocycles. The Labute approximate surface area is 114 Å². The molecule has 0 atom stereocenters. The van der Waals surface area contributed by atoms with Gasteiger partial charge in [-0.1, -0.05) is 0 Å². The van der Waals surface area contributed by atoms with Crippen molar-refractivity contribution in [2.45, 2.75) is 37.4 Å². The Morgan fingerprint density at radius 1 is 1.30 bits per heavy atom. The third-order valence-electron chi connectivity index (χ3n) is 3.95. The van der Waals surface area contributed by atoms with Gasteiger partial charge in [-0.25, -0.2) is 0 Å². The molecule has 0 aromatic heterocycles. The summed E-state index contributed by atoms with van der Waals surface area (Å²) in [5.41, 5.74) is 0.242. The van der Waals surface area contributed by atoms with Gasteiger partial charge in [0.1, 0.15) is 5.54 Å². The molecule has 3 nitrogen and oxygen atoms in total. The van der Waals surface area contributed by atoms with Crippen molar-refractivity contribution in [2.75, 3.05) is 11.9 Å². The highest BCUT2D eigenvalue weighted by Gasteiger charge is 2.64. The highest BCUT2D eigenvalue weighted by Crippen LogP contribution is 2.49. The number of alkyl halides is 3. The zero-order chi connectivity index (χ0) is 14.4.